The Bertz CT molecular complexity index is 1020. The van der Waals surface area contributed by atoms with Crippen LogP contribution in [0.4, 0.5) is 13.2 Å². The topological polar surface area (TPSA) is 51.3 Å². The molecule has 3 aromatic rings. The number of halogens is 3. The van der Waals surface area contributed by atoms with Crippen molar-refractivity contribution in [2.75, 3.05) is 0 Å². The maximum Gasteiger partial charge on any atom is 0.416 e. The highest BCUT2D eigenvalue weighted by Gasteiger charge is 2.30. The number of carbonyl (C=O) groups excluding carboxylic acids is 1. The first-order valence-electron chi connectivity index (χ1n) is 9.81. The van der Waals surface area contributed by atoms with Crippen LogP contribution >= 0.6 is 0 Å². The summed E-state index contributed by atoms with van der Waals surface area (Å²) in [5.41, 5.74) is 3.08. The molecule has 0 atom stereocenters. The lowest BCUT2D eigenvalue weighted by molar-refractivity contribution is -0.137. The zero-order chi connectivity index (χ0) is 21.3. The van der Waals surface area contributed by atoms with Gasteiger partial charge in [0.15, 0.2) is 0 Å². The van der Waals surface area contributed by atoms with Crippen molar-refractivity contribution in [1.82, 2.24) is 14.7 Å². The number of aryl methyl sites for hydroxylation is 1. The fourth-order valence-corrected chi connectivity index (χ4v) is 3.93. The highest BCUT2D eigenvalue weighted by atomic mass is 19.4. The van der Waals surface area contributed by atoms with Gasteiger partial charge in [-0.3, -0.25) is 9.48 Å². The lowest BCUT2D eigenvalue weighted by atomic mass is 10.1. The molecule has 30 heavy (non-hydrogen) atoms. The Morgan fingerprint density at radius 3 is 2.60 bits per heavy atom. The number of furan rings is 1. The van der Waals surface area contributed by atoms with E-state index >= 15 is 0 Å². The van der Waals surface area contributed by atoms with Gasteiger partial charge in [0, 0.05) is 12.7 Å². The van der Waals surface area contributed by atoms with Crippen molar-refractivity contribution in [3.05, 3.63) is 76.5 Å². The van der Waals surface area contributed by atoms with Gasteiger partial charge in [-0.05, 0) is 54.7 Å². The first-order valence-corrected chi connectivity index (χ1v) is 9.81. The molecule has 0 unspecified atom stereocenters. The lowest BCUT2D eigenvalue weighted by Gasteiger charge is -2.21. The van der Waals surface area contributed by atoms with E-state index in [1.165, 1.54) is 23.4 Å². The largest absolute Gasteiger partial charge is 0.467 e. The summed E-state index contributed by atoms with van der Waals surface area (Å²) in [7, 11) is 1.91. The number of rotatable bonds is 6. The molecule has 0 spiro atoms. The maximum absolute atomic E-state index is 13.1. The van der Waals surface area contributed by atoms with Crippen molar-refractivity contribution in [2.45, 2.75) is 44.9 Å². The Hall–Kier alpha value is -3.03. The summed E-state index contributed by atoms with van der Waals surface area (Å²) in [4.78, 5) is 14.7. The number of benzene rings is 1. The number of carbonyl (C=O) groups is 1. The Kier molecular flexibility index (Phi) is 5.40. The van der Waals surface area contributed by atoms with Crippen LogP contribution in [0.2, 0.25) is 0 Å². The summed E-state index contributed by atoms with van der Waals surface area (Å²) in [5, 5.41) is 4.60. The van der Waals surface area contributed by atoms with E-state index in [0.717, 1.165) is 37.1 Å². The fourth-order valence-electron chi connectivity index (χ4n) is 3.93. The molecular weight excluding hydrogens is 395 g/mol. The number of alkyl halides is 3. The standard InChI is InChI=1S/C22H22F3N3O2/c1-27-20-6-2-5-18(20)19(26-27)14-28(13-17-4-3-11-30-17)21(29)12-15-7-9-16(10-8-15)22(23,24)25/h3-4,7-11H,2,5-6,12-14H2,1H3. The van der Waals surface area contributed by atoms with Gasteiger partial charge >= 0.3 is 6.18 Å². The summed E-state index contributed by atoms with van der Waals surface area (Å²) in [6, 6.07) is 8.26. The van der Waals surface area contributed by atoms with Crippen molar-refractivity contribution in [1.29, 1.82) is 0 Å². The molecule has 2 heterocycles. The Morgan fingerprint density at radius 1 is 1.17 bits per heavy atom. The third-order valence-electron chi connectivity index (χ3n) is 5.46. The van der Waals surface area contributed by atoms with E-state index < -0.39 is 11.7 Å². The van der Waals surface area contributed by atoms with Crippen LogP contribution in [0.25, 0.3) is 0 Å². The minimum Gasteiger partial charge on any atom is -0.467 e. The first-order chi connectivity index (χ1) is 14.3. The van der Waals surface area contributed by atoms with E-state index in [4.69, 9.17) is 4.42 Å². The zero-order valence-corrected chi connectivity index (χ0v) is 16.6. The number of aromatic nitrogens is 2. The molecule has 0 saturated carbocycles. The van der Waals surface area contributed by atoms with E-state index in [2.05, 4.69) is 5.10 Å². The molecule has 1 aliphatic carbocycles. The number of amides is 1. The van der Waals surface area contributed by atoms with Gasteiger partial charge in [0.2, 0.25) is 5.91 Å². The summed E-state index contributed by atoms with van der Waals surface area (Å²) >= 11 is 0. The van der Waals surface area contributed by atoms with Crippen LogP contribution in [-0.4, -0.2) is 20.6 Å². The minimum absolute atomic E-state index is 0.00781. The van der Waals surface area contributed by atoms with Crippen LogP contribution in [0.15, 0.2) is 47.1 Å². The monoisotopic (exact) mass is 417 g/mol. The van der Waals surface area contributed by atoms with Crippen molar-refractivity contribution in [3.8, 4) is 0 Å². The van der Waals surface area contributed by atoms with Crippen LogP contribution in [0.3, 0.4) is 0 Å². The molecule has 0 radical (unpaired) electrons. The Labute approximate surface area is 172 Å². The quantitative estimate of drug-likeness (QED) is 0.601. The Morgan fingerprint density at radius 2 is 1.93 bits per heavy atom. The highest BCUT2D eigenvalue weighted by Crippen LogP contribution is 2.29. The summed E-state index contributed by atoms with van der Waals surface area (Å²) in [6.45, 7) is 0.612. The van der Waals surface area contributed by atoms with Crippen LogP contribution in [0.5, 0.6) is 0 Å². The molecule has 0 saturated heterocycles. The minimum atomic E-state index is -4.40. The third kappa shape index (κ3) is 4.27. The van der Waals surface area contributed by atoms with Gasteiger partial charge in [-0.25, -0.2) is 0 Å². The Balaban J connectivity index is 1.53. The predicted molar refractivity (Wildman–Crippen MR) is 103 cm³/mol. The molecule has 4 rings (SSSR count). The van der Waals surface area contributed by atoms with E-state index in [-0.39, 0.29) is 18.9 Å². The van der Waals surface area contributed by atoms with E-state index in [1.54, 1.807) is 23.3 Å². The van der Waals surface area contributed by atoms with Gasteiger partial charge in [0.1, 0.15) is 5.76 Å². The molecule has 2 aromatic heterocycles. The SMILES string of the molecule is Cn1nc(CN(Cc2ccco2)C(=O)Cc2ccc(C(F)(F)F)cc2)c2c1CCC2. The second-order valence-electron chi connectivity index (χ2n) is 7.55. The highest BCUT2D eigenvalue weighted by molar-refractivity contribution is 5.78. The van der Waals surface area contributed by atoms with Crippen LogP contribution in [-0.2, 0) is 50.4 Å². The molecule has 1 aliphatic rings. The first kappa shape index (κ1) is 20.3. The van der Waals surface area contributed by atoms with E-state index in [1.807, 2.05) is 11.7 Å². The van der Waals surface area contributed by atoms with Crippen molar-refractivity contribution < 1.29 is 22.4 Å². The number of fused-ring (bicyclic) bond motifs is 1. The maximum atomic E-state index is 13.1. The third-order valence-corrected chi connectivity index (χ3v) is 5.46. The molecular formula is C22H22F3N3O2. The molecule has 0 N–H and O–H groups in total. The van der Waals surface area contributed by atoms with Crippen molar-refractivity contribution in [2.24, 2.45) is 7.05 Å². The van der Waals surface area contributed by atoms with Gasteiger partial charge in [-0.1, -0.05) is 12.1 Å². The molecule has 1 amide bonds. The predicted octanol–water partition coefficient (Wildman–Crippen LogP) is 4.29. The van der Waals surface area contributed by atoms with Gasteiger partial charge < -0.3 is 9.32 Å². The normalized spacial score (nSPS) is 13.5. The number of hydrogen-bond donors (Lipinski definition) is 0. The van der Waals surface area contributed by atoms with Crippen LogP contribution in [0.1, 0.15) is 40.3 Å². The second kappa shape index (κ2) is 8.01. The smallest absolute Gasteiger partial charge is 0.416 e. The number of hydrogen-bond acceptors (Lipinski definition) is 3. The molecule has 0 bridgehead atoms. The molecule has 8 heteroatoms. The summed E-state index contributed by atoms with van der Waals surface area (Å²) in [5.74, 6) is 0.451. The van der Waals surface area contributed by atoms with Crippen LogP contribution < -0.4 is 0 Å². The molecule has 5 nitrogen and oxygen atoms in total. The number of nitrogens with zero attached hydrogens (tertiary/aromatic N) is 3. The average Bonchev–Trinajstić information content (AvgIpc) is 3.42. The molecule has 0 fully saturated rings. The van der Waals surface area contributed by atoms with Gasteiger partial charge in [0.25, 0.3) is 0 Å². The second-order valence-corrected chi connectivity index (χ2v) is 7.55. The fraction of sp³-hybridized carbons (Fsp3) is 0.364. The average molecular weight is 417 g/mol. The molecule has 0 aliphatic heterocycles. The van der Waals surface area contributed by atoms with Gasteiger partial charge in [-0.15, -0.1) is 0 Å². The molecule has 158 valence electrons. The zero-order valence-electron chi connectivity index (χ0n) is 16.6. The summed E-state index contributed by atoms with van der Waals surface area (Å²) in [6.07, 6.45) is 0.163. The lowest BCUT2D eigenvalue weighted by Crippen LogP contribution is -2.31. The van der Waals surface area contributed by atoms with Crippen molar-refractivity contribution in [3.63, 3.8) is 0 Å². The van der Waals surface area contributed by atoms with Gasteiger partial charge in [0.05, 0.1) is 37.0 Å². The van der Waals surface area contributed by atoms with E-state index in [9.17, 15) is 18.0 Å². The van der Waals surface area contributed by atoms with Crippen molar-refractivity contribution >= 4 is 5.91 Å². The van der Waals surface area contributed by atoms with Crippen LogP contribution in [0, 0.1) is 0 Å². The van der Waals surface area contributed by atoms with E-state index in [0.29, 0.717) is 17.9 Å². The summed E-state index contributed by atoms with van der Waals surface area (Å²) < 4.78 is 45.6. The molecule has 1 aromatic carbocycles. The van der Waals surface area contributed by atoms with Gasteiger partial charge in [-0.2, -0.15) is 18.3 Å².